The first kappa shape index (κ1) is 15.8. The fourth-order valence-corrected chi connectivity index (χ4v) is 3.53. The third-order valence-corrected chi connectivity index (χ3v) is 4.79. The summed E-state index contributed by atoms with van der Waals surface area (Å²) in [6.45, 7) is 1.76. The number of piperidine rings is 1. The summed E-state index contributed by atoms with van der Waals surface area (Å²) in [4.78, 5) is 25.5. The SMILES string of the molecule is Cn1nc(-n2ccc(=O)[nH]c2=O)c2ccc(C3CCNCC3)c(F)c21. The lowest BCUT2D eigenvalue weighted by Crippen LogP contribution is -2.27. The van der Waals surface area contributed by atoms with E-state index in [4.69, 9.17) is 0 Å². The van der Waals surface area contributed by atoms with Crippen molar-refractivity contribution in [3.8, 4) is 5.82 Å². The topological polar surface area (TPSA) is 84.7 Å². The van der Waals surface area contributed by atoms with Gasteiger partial charge in [0.2, 0.25) is 0 Å². The zero-order chi connectivity index (χ0) is 17.6. The van der Waals surface area contributed by atoms with Gasteiger partial charge < -0.3 is 5.32 Å². The summed E-state index contributed by atoms with van der Waals surface area (Å²) in [6, 6.07) is 4.83. The van der Waals surface area contributed by atoms with Crippen LogP contribution in [0.3, 0.4) is 0 Å². The van der Waals surface area contributed by atoms with Gasteiger partial charge in [-0.25, -0.2) is 9.18 Å². The molecular formula is C17H18FN5O2. The van der Waals surface area contributed by atoms with Gasteiger partial charge in [0.15, 0.2) is 11.6 Å². The third kappa shape index (κ3) is 2.58. The van der Waals surface area contributed by atoms with Crippen LogP contribution >= 0.6 is 0 Å². The smallest absolute Gasteiger partial charge is 0.317 e. The van der Waals surface area contributed by atoms with Crippen molar-refractivity contribution >= 4 is 10.9 Å². The maximum atomic E-state index is 15.2. The van der Waals surface area contributed by atoms with E-state index in [1.807, 2.05) is 0 Å². The van der Waals surface area contributed by atoms with E-state index in [2.05, 4.69) is 15.4 Å². The number of aryl methyl sites for hydroxylation is 1. The van der Waals surface area contributed by atoms with E-state index in [9.17, 15) is 9.59 Å². The predicted octanol–water partition coefficient (Wildman–Crippen LogP) is 1.02. The second-order valence-corrected chi connectivity index (χ2v) is 6.32. The first-order valence-electron chi connectivity index (χ1n) is 8.24. The summed E-state index contributed by atoms with van der Waals surface area (Å²) in [7, 11) is 1.65. The molecule has 0 bridgehead atoms. The Morgan fingerprint density at radius 2 is 1.96 bits per heavy atom. The van der Waals surface area contributed by atoms with Crippen molar-refractivity contribution in [1.82, 2.24) is 24.6 Å². The summed E-state index contributed by atoms with van der Waals surface area (Å²) in [5, 5.41) is 8.12. The van der Waals surface area contributed by atoms with Crippen molar-refractivity contribution in [2.45, 2.75) is 18.8 Å². The molecule has 0 unspecified atom stereocenters. The van der Waals surface area contributed by atoms with Crippen molar-refractivity contribution in [2.75, 3.05) is 13.1 Å². The summed E-state index contributed by atoms with van der Waals surface area (Å²) in [5.74, 6) is 0.192. The van der Waals surface area contributed by atoms with Crippen LogP contribution in [-0.2, 0) is 7.05 Å². The Morgan fingerprint density at radius 1 is 1.20 bits per heavy atom. The highest BCUT2D eigenvalue weighted by atomic mass is 19.1. The van der Waals surface area contributed by atoms with Gasteiger partial charge in [-0.05, 0) is 43.5 Å². The highest BCUT2D eigenvalue weighted by Gasteiger charge is 2.23. The van der Waals surface area contributed by atoms with Crippen LogP contribution < -0.4 is 16.6 Å². The van der Waals surface area contributed by atoms with E-state index in [-0.39, 0.29) is 11.7 Å². The zero-order valence-corrected chi connectivity index (χ0v) is 13.8. The Kier molecular flexibility index (Phi) is 3.76. The van der Waals surface area contributed by atoms with Crippen molar-refractivity contribution in [2.24, 2.45) is 7.05 Å². The molecule has 0 aliphatic carbocycles. The zero-order valence-electron chi connectivity index (χ0n) is 13.8. The number of hydrogen-bond donors (Lipinski definition) is 2. The molecule has 1 saturated heterocycles. The van der Waals surface area contributed by atoms with E-state index in [0.29, 0.717) is 22.3 Å². The predicted molar refractivity (Wildman–Crippen MR) is 91.7 cm³/mol. The minimum Gasteiger partial charge on any atom is -0.317 e. The quantitative estimate of drug-likeness (QED) is 0.728. The molecule has 0 amide bonds. The average Bonchev–Trinajstić information content (AvgIpc) is 2.93. The van der Waals surface area contributed by atoms with Crippen molar-refractivity contribution in [3.05, 3.63) is 56.6 Å². The lowest BCUT2D eigenvalue weighted by molar-refractivity contribution is 0.446. The molecule has 3 aromatic rings. The fraction of sp³-hybridized carbons (Fsp3) is 0.353. The van der Waals surface area contributed by atoms with Gasteiger partial charge in [-0.15, -0.1) is 0 Å². The van der Waals surface area contributed by atoms with Gasteiger partial charge in [0, 0.05) is 24.7 Å². The minimum atomic E-state index is -0.602. The Hall–Kier alpha value is -2.74. The molecular weight excluding hydrogens is 325 g/mol. The van der Waals surface area contributed by atoms with Gasteiger partial charge in [0.25, 0.3) is 5.56 Å². The molecule has 0 saturated carbocycles. The number of aromatic nitrogens is 4. The molecule has 0 spiro atoms. The molecule has 1 aromatic carbocycles. The molecule has 7 nitrogen and oxygen atoms in total. The van der Waals surface area contributed by atoms with Gasteiger partial charge in [-0.2, -0.15) is 5.10 Å². The number of benzene rings is 1. The number of nitrogens with one attached hydrogen (secondary N) is 2. The lowest BCUT2D eigenvalue weighted by atomic mass is 9.89. The maximum Gasteiger partial charge on any atom is 0.334 e. The monoisotopic (exact) mass is 343 g/mol. The van der Waals surface area contributed by atoms with E-state index in [0.717, 1.165) is 25.9 Å². The minimum absolute atomic E-state index is 0.180. The van der Waals surface area contributed by atoms with Gasteiger partial charge in [-0.3, -0.25) is 19.0 Å². The summed E-state index contributed by atoms with van der Waals surface area (Å²) in [5.41, 5.74) is -0.0299. The number of nitrogens with zero attached hydrogens (tertiary/aromatic N) is 3. The highest BCUT2D eigenvalue weighted by molar-refractivity contribution is 5.87. The number of fused-ring (bicyclic) bond motifs is 1. The van der Waals surface area contributed by atoms with Crippen molar-refractivity contribution < 1.29 is 4.39 Å². The van der Waals surface area contributed by atoms with Gasteiger partial charge >= 0.3 is 5.69 Å². The van der Waals surface area contributed by atoms with Gasteiger partial charge in [0.1, 0.15) is 5.52 Å². The standard InChI is InChI=1S/C17H18FN5O2/c1-22-15-12(16(21-22)23-9-6-13(24)20-17(23)25)3-2-11(14(15)18)10-4-7-19-8-5-10/h2-3,6,9-10,19H,4-5,7-8H2,1H3,(H,20,24,25). The number of aromatic amines is 1. The lowest BCUT2D eigenvalue weighted by Gasteiger charge is -2.23. The molecule has 2 aromatic heterocycles. The molecule has 1 aliphatic rings. The van der Waals surface area contributed by atoms with Crippen LogP contribution in [0.1, 0.15) is 24.3 Å². The number of rotatable bonds is 2. The fourth-order valence-electron chi connectivity index (χ4n) is 3.53. The Morgan fingerprint density at radius 3 is 2.68 bits per heavy atom. The summed E-state index contributed by atoms with van der Waals surface area (Å²) < 4.78 is 17.8. The number of H-pyrrole nitrogens is 1. The van der Waals surface area contributed by atoms with Crippen LogP contribution in [0.5, 0.6) is 0 Å². The molecule has 8 heteroatoms. The first-order valence-corrected chi connectivity index (χ1v) is 8.24. The van der Waals surface area contributed by atoms with E-state index in [1.165, 1.54) is 21.5 Å². The largest absolute Gasteiger partial charge is 0.334 e. The number of hydrogen-bond acceptors (Lipinski definition) is 4. The molecule has 1 aliphatic heterocycles. The Balaban J connectivity index is 1.90. The molecule has 2 N–H and O–H groups in total. The van der Waals surface area contributed by atoms with Crippen LogP contribution in [0.2, 0.25) is 0 Å². The van der Waals surface area contributed by atoms with Gasteiger partial charge in [0.05, 0.1) is 0 Å². The number of halogens is 1. The second kappa shape index (κ2) is 5.96. The van der Waals surface area contributed by atoms with Gasteiger partial charge in [-0.1, -0.05) is 6.07 Å². The third-order valence-electron chi connectivity index (χ3n) is 4.79. The molecule has 1 fully saturated rings. The molecule has 130 valence electrons. The average molecular weight is 343 g/mol. The molecule has 25 heavy (non-hydrogen) atoms. The van der Waals surface area contributed by atoms with E-state index < -0.39 is 11.2 Å². The van der Waals surface area contributed by atoms with Crippen LogP contribution in [-0.4, -0.2) is 32.4 Å². The van der Waals surface area contributed by atoms with Crippen LogP contribution in [0.25, 0.3) is 16.7 Å². The van der Waals surface area contributed by atoms with Crippen LogP contribution in [0.15, 0.2) is 34.0 Å². The Labute approximate surface area is 142 Å². The first-order chi connectivity index (χ1) is 12.1. The van der Waals surface area contributed by atoms with E-state index >= 15 is 4.39 Å². The molecule has 4 rings (SSSR count). The molecule has 0 radical (unpaired) electrons. The van der Waals surface area contributed by atoms with Crippen molar-refractivity contribution in [3.63, 3.8) is 0 Å². The Bertz CT molecular complexity index is 1060. The summed E-state index contributed by atoms with van der Waals surface area (Å²) >= 11 is 0. The highest BCUT2D eigenvalue weighted by Crippen LogP contribution is 2.32. The normalized spacial score (nSPS) is 15.8. The summed E-state index contributed by atoms with van der Waals surface area (Å²) in [6.07, 6.45) is 3.14. The van der Waals surface area contributed by atoms with E-state index in [1.54, 1.807) is 19.2 Å². The van der Waals surface area contributed by atoms with Crippen LogP contribution in [0.4, 0.5) is 4.39 Å². The molecule has 0 atom stereocenters. The maximum absolute atomic E-state index is 15.2. The van der Waals surface area contributed by atoms with Crippen molar-refractivity contribution in [1.29, 1.82) is 0 Å². The molecule has 3 heterocycles. The second-order valence-electron chi connectivity index (χ2n) is 6.32. The van der Waals surface area contributed by atoms with Crippen LogP contribution in [0, 0.1) is 5.82 Å².